The van der Waals surface area contributed by atoms with Crippen LogP contribution in [0, 0.1) is 13.8 Å². The van der Waals surface area contributed by atoms with Gasteiger partial charge in [-0.25, -0.2) is 0 Å². The molecule has 18 heavy (non-hydrogen) atoms. The van der Waals surface area contributed by atoms with Gasteiger partial charge in [-0.2, -0.15) is 12.6 Å². The Morgan fingerprint density at radius 1 is 1.17 bits per heavy atom. The summed E-state index contributed by atoms with van der Waals surface area (Å²) in [6.45, 7) is 10.9. The molecule has 0 bridgehead atoms. The minimum atomic E-state index is 0.0715. The molecule has 2 aromatic rings. The molecule has 0 unspecified atom stereocenters. The lowest BCUT2D eigenvalue weighted by atomic mass is 9.89. The number of thiol groups is 1. The number of aromatic nitrogens is 1. The van der Waals surface area contributed by atoms with E-state index in [-0.39, 0.29) is 5.41 Å². The van der Waals surface area contributed by atoms with E-state index < -0.39 is 0 Å². The van der Waals surface area contributed by atoms with Crippen LogP contribution in [0.15, 0.2) is 18.2 Å². The Bertz CT molecular complexity index is 594. The highest BCUT2D eigenvalue weighted by atomic mass is 32.1. The molecule has 1 aromatic carbocycles. The normalized spacial score (nSPS) is 12.1. The van der Waals surface area contributed by atoms with Crippen molar-refractivity contribution < 1.29 is 0 Å². The maximum absolute atomic E-state index is 4.88. The summed E-state index contributed by atoms with van der Waals surface area (Å²) in [5, 5.41) is 1.24. The topological polar surface area (TPSA) is 12.9 Å². The number of rotatable bonds is 1. The Hall–Kier alpha value is -1.02. The lowest BCUT2D eigenvalue weighted by Gasteiger charge is -2.20. The molecule has 0 amide bonds. The molecule has 0 aliphatic heterocycles. The first kappa shape index (κ1) is 13.4. The van der Waals surface area contributed by atoms with Gasteiger partial charge >= 0.3 is 0 Å². The zero-order valence-electron chi connectivity index (χ0n) is 11.8. The standard InChI is InChI=1S/C16H21NS/c1-10-6-7-13-12(9-18)8-14(16(3,4)5)17-15(13)11(10)2/h6-8,18H,9H2,1-5H3. The second-order valence-electron chi connectivity index (χ2n) is 5.98. The fraction of sp³-hybridized carbons (Fsp3) is 0.438. The van der Waals surface area contributed by atoms with Crippen molar-refractivity contribution in [3.8, 4) is 0 Å². The Kier molecular flexibility index (Phi) is 3.41. The van der Waals surface area contributed by atoms with E-state index in [4.69, 9.17) is 4.98 Å². The van der Waals surface area contributed by atoms with E-state index in [1.807, 2.05) is 0 Å². The summed E-state index contributed by atoms with van der Waals surface area (Å²) in [5.41, 5.74) is 6.20. The number of pyridine rings is 1. The number of hydrogen-bond acceptors (Lipinski definition) is 2. The minimum absolute atomic E-state index is 0.0715. The highest BCUT2D eigenvalue weighted by molar-refractivity contribution is 7.79. The van der Waals surface area contributed by atoms with Gasteiger partial charge in [0, 0.05) is 22.2 Å². The third-order valence-corrected chi connectivity index (χ3v) is 3.87. The zero-order chi connectivity index (χ0) is 13.5. The van der Waals surface area contributed by atoms with Gasteiger partial charge in [0.15, 0.2) is 0 Å². The van der Waals surface area contributed by atoms with Gasteiger partial charge in [-0.3, -0.25) is 4.98 Å². The molecule has 0 aliphatic carbocycles. The van der Waals surface area contributed by atoms with Crippen molar-refractivity contribution in [2.75, 3.05) is 0 Å². The molecule has 0 aliphatic rings. The Morgan fingerprint density at radius 3 is 2.39 bits per heavy atom. The molecular formula is C16H21NS. The van der Waals surface area contributed by atoms with Gasteiger partial charge in [-0.05, 0) is 36.6 Å². The van der Waals surface area contributed by atoms with Gasteiger partial charge in [0.25, 0.3) is 0 Å². The van der Waals surface area contributed by atoms with E-state index in [0.29, 0.717) is 0 Å². The molecular weight excluding hydrogens is 238 g/mol. The summed E-state index contributed by atoms with van der Waals surface area (Å²) in [6.07, 6.45) is 0. The highest BCUT2D eigenvalue weighted by Gasteiger charge is 2.18. The van der Waals surface area contributed by atoms with Gasteiger partial charge in [0.1, 0.15) is 0 Å². The van der Waals surface area contributed by atoms with Crippen LogP contribution in [0.4, 0.5) is 0 Å². The molecule has 96 valence electrons. The van der Waals surface area contributed by atoms with E-state index in [1.165, 1.54) is 22.1 Å². The van der Waals surface area contributed by atoms with E-state index in [9.17, 15) is 0 Å². The van der Waals surface area contributed by atoms with Gasteiger partial charge in [-0.15, -0.1) is 0 Å². The highest BCUT2D eigenvalue weighted by Crippen LogP contribution is 2.29. The minimum Gasteiger partial charge on any atom is -0.252 e. The summed E-state index contributed by atoms with van der Waals surface area (Å²) in [7, 11) is 0. The lowest BCUT2D eigenvalue weighted by Crippen LogP contribution is -2.14. The van der Waals surface area contributed by atoms with Gasteiger partial charge in [-0.1, -0.05) is 32.9 Å². The second-order valence-corrected chi connectivity index (χ2v) is 6.29. The molecule has 0 saturated carbocycles. The van der Waals surface area contributed by atoms with Crippen LogP contribution in [-0.2, 0) is 11.2 Å². The maximum atomic E-state index is 4.88. The van der Waals surface area contributed by atoms with Crippen molar-refractivity contribution >= 4 is 23.5 Å². The molecule has 1 nitrogen and oxygen atoms in total. The number of fused-ring (bicyclic) bond motifs is 1. The number of benzene rings is 1. The lowest BCUT2D eigenvalue weighted by molar-refractivity contribution is 0.571. The van der Waals surface area contributed by atoms with Crippen molar-refractivity contribution in [1.82, 2.24) is 4.98 Å². The monoisotopic (exact) mass is 259 g/mol. The third kappa shape index (κ3) is 2.26. The molecule has 0 spiro atoms. The first-order chi connectivity index (χ1) is 8.34. The molecule has 1 aromatic heterocycles. The zero-order valence-corrected chi connectivity index (χ0v) is 12.7. The summed E-state index contributed by atoms with van der Waals surface area (Å²) < 4.78 is 0. The number of nitrogens with zero attached hydrogens (tertiary/aromatic N) is 1. The van der Waals surface area contributed by atoms with Crippen LogP contribution in [0.2, 0.25) is 0 Å². The van der Waals surface area contributed by atoms with Crippen molar-refractivity contribution in [2.45, 2.75) is 45.8 Å². The van der Waals surface area contributed by atoms with Gasteiger partial charge < -0.3 is 0 Å². The SMILES string of the molecule is Cc1ccc2c(CS)cc(C(C)(C)C)nc2c1C. The quantitative estimate of drug-likeness (QED) is 0.740. The van der Waals surface area contributed by atoms with E-state index in [1.54, 1.807) is 0 Å². The van der Waals surface area contributed by atoms with Crippen molar-refractivity contribution in [1.29, 1.82) is 0 Å². The Morgan fingerprint density at radius 2 is 1.83 bits per heavy atom. The third-order valence-electron chi connectivity index (χ3n) is 3.53. The molecule has 0 saturated heterocycles. The van der Waals surface area contributed by atoms with Crippen LogP contribution in [0.3, 0.4) is 0 Å². The van der Waals surface area contributed by atoms with Crippen molar-refractivity contribution in [2.24, 2.45) is 0 Å². The van der Waals surface area contributed by atoms with Crippen LogP contribution in [0.25, 0.3) is 10.9 Å². The van der Waals surface area contributed by atoms with Crippen molar-refractivity contribution in [3.63, 3.8) is 0 Å². The average molecular weight is 259 g/mol. The smallest absolute Gasteiger partial charge is 0.0740 e. The largest absolute Gasteiger partial charge is 0.252 e. The first-order valence-electron chi connectivity index (χ1n) is 6.36. The molecule has 0 N–H and O–H groups in total. The molecule has 2 rings (SSSR count). The predicted octanol–water partition coefficient (Wildman–Crippen LogP) is 4.58. The molecule has 0 radical (unpaired) electrons. The molecule has 0 fully saturated rings. The van der Waals surface area contributed by atoms with Crippen LogP contribution in [0.5, 0.6) is 0 Å². The molecule has 1 heterocycles. The van der Waals surface area contributed by atoms with Crippen molar-refractivity contribution in [3.05, 3.63) is 40.6 Å². The fourth-order valence-corrected chi connectivity index (χ4v) is 2.38. The summed E-state index contributed by atoms with van der Waals surface area (Å²) in [5.74, 6) is 0.755. The summed E-state index contributed by atoms with van der Waals surface area (Å²) in [4.78, 5) is 4.88. The van der Waals surface area contributed by atoms with Gasteiger partial charge in [0.2, 0.25) is 0 Å². The number of aryl methyl sites for hydroxylation is 2. The predicted molar refractivity (Wildman–Crippen MR) is 82.6 cm³/mol. The van der Waals surface area contributed by atoms with Crippen LogP contribution in [-0.4, -0.2) is 4.98 Å². The second kappa shape index (κ2) is 4.58. The van der Waals surface area contributed by atoms with E-state index >= 15 is 0 Å². The van der Waals surface area contributed by atoms with Crippen LogP contribution < -0.4 is 0 Å². The van der Waals surface area contributed by atoms with Gasteiger partial charge in [0.05, 0.1) is 5.52 Å². The molecule has 2 heteroatoms. The fourth-order valence-electron chi connectivity index (χ4n) is 2.11. The maximum Gasteiger partial charge on any atom is 0.0740 e. The summed E-state index contributed by atoms with van der Waals surface area (Å²) in [6, 6.07) is 6.54. The van der Waals surface area contributed by atoms with E-state index in [2.05, 4.69) is 65.4 Å². The van der Waals surface area contributed by atoms with E-state index in [0.717, 1.165) is 17.0 Å². The Balaban J connectivity index is 2.85. The van der Waals surface area contributed by atoms with Crippen LogP contribution in [0.1, 0.15) is 43.2 Å². The average Bonchev–Trinajstić information content (AvgIpc) is 2.31. The molecule has 0 atom stereocenters. The summed E-state index contributed by atoms with van der Waals surface area (Å²) >= 11 is 4.46. The Labute approximate surface area is 115 Å². The first-order valence-corrected chi connectivity index (χ1v) is 6.99. The van der Waals surface area contributed by atoms with Crippen LogP contribution >= 0.6 is 12.6 Å². The number of hydrogen-bond donors (Lipinski definition) is 1.